The first kappa shape index (κ1) is 18.4. The minimum Gasteiger partial charge on any atom is -0.506 e. The van der Waals surface area contributed by atoms with Crippen LogP contribution < -0.4 is 10.2 Å². The van der Waals surface area contributed by atoms with Crippen molar-refractivity contribution in [2.24, 2.45) is 0 Å². The van der Waals surface area contributed by atoms with Gasteiger partial charge in [-0.05, 0) is 37.1 Å². The molecule has 1 aromatic carbocycles. The van der Waals surface area contributed by atoms with Crippen LogP contribution in [-0.2, 0) is 9.84 Å². The van der Waals surface area contributed by atoms with Gasteiger partial charge in [0.15, 0.2) is 9.84 Å². The summed E-state index contributed by atoms with van der Waals surface area (Å²) in [6, 6.07) is 5.82. The zero-order chi connectivity index (χ0) is 18.7. The van der Waals surface area contributed by atoms with Gasteiger partial charge in [-0.25, -0.2) is 13.4 Å². The number of phenolic OH excluding ortho intramolecular Hbond substituents is 1. The number of sulfone groups is 1. The van der Waals surface area contributed by atoms with Crippen molar-refractivity contribution in [3.63, 3.8) is 0 Å². The molecule has 1 atom stereocenters. The first-order valence-corrected chi connectivity index (χ1v) is 10.1. The SMILES string of the molecule is CCS(=O)(=O)c1ccc(O)c(Nc2nccc(N3CCCC(O)C3)n2)c1. The molecule has 0 spiro atoms. The normalized spacial score (nSPS) is 17.9. The van der Waals surface area contributed by atoms with Crippen molar-refractivity contribution < 1.29 is 18.6 Å². The van der Waals surface area contributed by atoms with E-state index in [2.05, 4.69) is 15.3 Å². The summed E-state index contributed by atoms with van der Waals surface area (Å²) in [6.07, 6.45) is 2.86. The third kappa shape index (κ3) is 4.05. The average molecular weight is 378 g/mol. The predicted octanol–water partition coefficient (Wildman–Crippen LogP) is 1.68. The van der Waals surface area contributed by atoms with Crippen LogP contribution in [0.4, 0.5) is 17.5 Å². The number of aromatic hydroxyl groups is 1. The molecular formula is C17H22N4O4S. The molecule has 9 heteroatoms. The molecule has 1 aliphatic heterocycles. The monoisotopic (exact) mass is 378 g/mol. The number of aromatic nitrogens is 2. The lowest BCUT2D eigenvalue weighted by molar-refractivity contribution is 0.154. The molecule has 26 heavy (non-hydrogen) atoms. The van der Waals surface area contributed by atoms with E-state index in [9.17, 15) is 18.6 Å². The number of aliphatic hydroxyl groups excluding tert-OH is 1. The first-order chi connectivity index (χ1) is 12.4. The molecule has 0 saturated carbocycles. The maximum absolute atomic E-state index is 12.0. The van der Waals surface area contributed by atoms with Gasteiger partial charge in [0.1, 0.15) is 11.6 Å². The third-order valence-electron chi connectivity index (χ3n) is 4.32. The van der Waals surface area contributed by atoms with Crippen LogP contribution in [0.3, 0.4) is 0 Å². The maximum atomic E-state index is 12.0. The predicted molar refractivity (Wildman–Crippen MR) is 98.6 cm³/mol. The molecule has 140 valence electrons. The van der Waals surface area contributed by atoms with E-state index < -0.39 is 9.84 Å². The lowest BCUT2D eigenvalue weighted by atomic mass is 10.1. The van der Waals surface area contributed by atoms with Crippen molar-refractivity contribution >= 4 is 27.3 Å². The van der Waals surface area contributed by atoms with Gasteiger partial charge >= 0.3 is 0 Å². The molecule has 3 N–H and O–H groups in total. The van der Waals surface area contributed by atoms with Crippen molar-refractivity contribution in [3.05, 3.63) is 30.5 Å². The Kier molecular flexibility index (Phi) is 5.28. The van der Waals surface area contributed by atoms with E-state index in [1.807, 2.05) is 4.90 Å². The van der Waals surface area contributed by atoms with Crippen LogP contribution in [0.5, 0.6) is 5.75 Å². The molecule has 1 aromatic heterocycles. The van der Waals surface area contributed by atoms with E-state index in [0.29, 0.717) is 12.4 Å². The Labute approximate surface area is 152 Å². The lowest BCUT2D eigenvalue weighted by Crippen LogP contribution is -2.38. The summed E-state index contributed by atoms with van der Waals surface area (Å²) in [6.45, 7) is 2.86. The van der Waals surface area contributed by atoms with Crippen LogP contribution in [0, 0.1) is 0 Å². The number of nitrogens with one attached hydrogen (secondary N) is 1. The van der Waals surface area contributed by atoms with Crippen molar-refractivity contribution in [1.82, 2.24) is 9.97 Å². The fraction of sp³-hybridized carbons (Fsp3) is 0.412. The van der Waals surface area contributed by atoms with E-state index in [1.54, 1.807) is 19.2 Å². The van der Waals surface area contributed by atoms with Crippen molar-refractivity contribution in [1.29, 1.82) is 0 Å². The van der Waals surface area contributed by atoms with E-state index in [4.69, 9.17) is 0 Å². The largest absolute Gasteiger partial charge is 0.506 e. The number of phenols is 1. The van der Waals surface area contributed by atoms with Gasteiger partial charge in [-0.15, -0.1) is 0 Å². The highest BCUT2D eigenvalue weighted by atomic mass is 32.2. The second-order valence-corrected chi connectivity index (χ2v) is 8.47. The molecule has 1 unspecified atom stereocenters. The number of anilines is 3. The Morgan fingerprint density at radius 1 is 1.35 bits per heavy atom. The first-order valence-electron chi connectivity index (χ1n) is 8.48. The topological polar surface area (TPSA) is 116 Å². The van der Waals surface area contributed by atoms with Gasteiger partial charge in [0.05, 0.1) is 22.4 Å². The summed E-state index contributed by atoms with van der Waals surface area (Å²) in [7, 11) is -3.39. The van der Waals surface area contributed by atoms with Gasteiger partial charge in [0, 0.05) is 19.3 Å². The molecule has 3 rings (SSSR count). The molecule has 1 aliphatic rings. The number of aliphatic hydroxyl groups is 1. The molecule has 0 radical (unpaired) electrons. The fourth-order valence-corrected chi connectivity index (χ4v) is 3.75. The Bertz CT molecular complexity index is 888. The second-order valence-electron chi connectivity index (χ2n) is 6.19. The summed E-state index contributed by atoms with van der Waals surface area (Å²) < 4.78 is 24.1. The van der Waals surface area contributed by atoms with E-state index in [1.165, 1.54) is 18.2 Å². The van der Waals surface area contributed by atoms with Gasteiger partial charge in [-0.1, -0.05) is 6.92 Å². The van der Waals surface area contributed by atoms with Crippen LogP contribution in [0.25, 0.3) is 0 Å². The number of hydrogen-bond donors (Lipinski definition) is 3. The second kappa shape index (κ2) is 7.46. The Hall–Kier alpha value is -2.39. The fourth-order valence-electron chi connectivity index (χ4n) is 2.84. The zero-order valence-corrected chi connectivity index (χ0v) is 15.3. The van der Waals surface area contributed by atoms with Crippen LogP contribution >= 0.6 is 0 Å². The Morgan fingerprint density at radius 2 is 2.15 bits per heavy atom. The van der Waals surface area contributed by atoms with Crippen LogP contribution in [0.1, 0.15) is 19.8 Å². The highest BCUT2D eigenvalue weighted by Gasteiger charge is 2.19. The number of benzene rings is 1. The number of hydrogen-bond acceptors (Lipinski definition) is 8. The van der Waals surface area contributed by atoms with E-state index in [-0.39, 0.29) is 34.1 Å². The van der Waals surface area contributed by atoms with Crippen molar-refractivity contribution in [3.8, 4) is 5.75 Å². The van der Waals surface area contributed by atoms with Crippen LogP contribution in [0.15, 0.2) is 35.4 Å². The van der Waals surface area contributed by atoms with Gasteiger partial charge in [0.25, 0.3) is 0 Å². The molecular weight excluding hydrogens is 356 g/mol. The molecule has 1 fully saturated rings. The standard InChI is InChI=1S/C17H22N4O4S/c1-2-26(24,25)13-5-6-15(23)14(10-13)19-17-18-8-7-16(20-17)21-9-3-4-12(22)11-21/h5-8,10,12,22-23H,2-4,9,11H2,1H3,(H,18,19,20). The third-order valence-corrected chi connectivity index (χ3v) is 6.05. The smallest absolute Gasteiger partial charge is 0.229 e. The van der Waals surface area contributed by atoms with Gasteiger partial charge in [-0.2, -0.15) is 4.98 Å². The highest BCUT2D eigenvalue weighted by molar-refractivity contribution is 7.91. The average Bonchev–Trinajstić information content (AvgIpc) is 2.63. The Balaban J connectivity index is 1.85. The van der Waals surface area contributed by atoms with Gasteiger partial charge in [0.2, 0.25) is 5.95 Å². The quantitative estimate of drug-likeness (QED) is 0.673. The molecule has 2 heterocycles. The number of β-amino-alcohol motifs (C(OH)–C–C–N with tert-alkyl or cyclic N) is 1. The number of piperidine rings is 1. The van der Waals surface area contributed by atoms with Crippen LogP contribution in [0.2, 0.25) is 0 Å². The van der Waals surface area contributed by atoms with Crippen molar-refractivity contribution in [2.75, 3.05) is 29.1 Å². The molecule has 2 aromatic rings. The summed E-state index contributed by atoms with van der Waals surface area (Å²) in [5.74, 6) is 0.782. The molecule has 0 amide bonds. The molecule has 8 nitrogen and oxygen atoms in total. The Morgan fingerprint density at radius 3 is 2.88 bits per heavy atom. The summed E-state index contributed by atoms with van der Waals surface area (Å²) in [4.78, 5) is 10.6. The zero-order valence-electron chi connectivity index (χ0n) is 14.5. The summed E-state index contributed by atoms with van der Waals surface area (Å²) in [5, 5.41) is 22.7. The molecule has 1 saturated heterocycles. The summed E-state index contributed by atoms with van der Waals surface area (Å²) in [5.41, 5.74) is 0.218. The minimum atomic E-state index is -3.39. The minimum absolute atomic E-state index is 0.0273. The highest BCUT2D eigenvalue weighted by Crippen LogP contribution is 2.29. The van der Waals surface area contributed by atoms with E-state index in [0.717, 1.165) is 19.4 Å². The van der Waals surface area contributed by atoms with E-state index >= 15 is 0 Å². The maximum Gasteiger partial charge on any atom is 0.229 e. The lowest BCUT2D eigenvalue weighted by Gasteiger charge is -2.31. The molecule has 0 aliphatic carbocycles. The van der Waals surface area contributed by atoms with Crippen LogP contribution in [-0.4, -0.2) is 53.5 Å². The van der Waals surface area contributed by atoms with Crippen molar-refractivity contribution in [2.45, 2.75) is 30.8 Å². The summed E-state index contributed by atoms with van der Waals surface area (Å²) >= 11 is 0. The molecule has 0 bridgehead atoms. The van der Waals surface area contributed by atoms with Gasteiger partial charge in [-0.3, -0.25) is 0 Å². The number of nitrogens with zero attached hydrogens (tertiary/aromatic N) is 3. The number of rotatable bonds is 5. The van der Waals surface area contributed by atoms with Gasteiger partial charge < -0.3 is 20.4 Å².